The van der Waals surface area contributed by atoms with E-state index >= 15 is 0 Å². The van der Waals surface area contributed by atoms with E-state index in [1.165, 1.54) is 19.2 Å². The number of anilines is 1. The molecule has 1 aliphatic carbocycles. The first-order valence-electron chi connectivity index (χ1n) is 7.21. The summed E-state index contributed by atoms with van der Waals surface area (Å²) in [6, 6.07) is 0. The van der Waals surface area contributed by atoms with Gasteiger partial charge in [0.05, 0.1) is 5.56 Å². The Kier molecular flexibility index (Phi) is 4.96. The van der Waals surface area contributed by atoms with Crippen molar-refractivity contribution in [1.82, 2.24) is 9.97 Å². The third-order valence-corrected chi connectivity index (χ3v) is 3.71. The zero-order valence-corrected chi connectivity index (χ0v) is 11.9. The predicted molar refractivity (Wildman–Crippen MR) is 75.9 cm³/mol. The predicted octanol–water partition coefficient (Wildman–Crippen LogP) is 2.67. The van der Waals surface area contributed by atoms with E-state index in [0.717, 1.165) is 37.2 Å². The summed E-state index contributed by atoms with van der Waals surface area (Å²) >= 11 is 0. The van der Waals surface area contributed by atoms with Crippen LogP contribution in [0.3, 0.4) is 0 Å². The highest BCUT2D eigenvalue weighted by molar-refractivity contribution is 5.47. The van der Waals surface area contributed by atoms with Gasteiger partial charge in [0, 0.05) is 0 Å². The minimum absolute atomic E-state index is 0.278. The van der Waals surface area contributed by atoms with Crippen LogP contribution in [0.5, 0.6) is 5.88 Å². The summed E-state index contributed by atoms with van der Waals surface area (Å²) < 4.78 is 6.11. The fraction of sp³-hybridized carbons (Fsp3) is 0.714. The van der Waals surface area contributed by atoms with E-state index in [1.54, 1.807) is 0 Å². The quantitative estimate of drug-likeness (QED) is 0.632. The maximum absolute atomic E-state index is 6.11. The molecule has 1 saturated carbocycles. The van der Waals surface area contributed by atoms with Gasteiger partial charge in [0.2, 0.25) is 5.88 Å². The second-order valence-electron chi connectivity index (χ2n) is 5.41. The van der Waals surface area contributed by atoms with Crippen molar-refractivity contribution in [3.05, 3.63) is 11.9 Å². The highest BCUT2D eigenvalue weighted by Gasteiger charge is 2.22. The number of ether oxygens (including phenoxy) is 1. The Morgan fingerprint density at radius 2 is 2.26 bits per heavy atom. The molecule has 106 valence electrons. The summed E-state index contributed by atoms with van der Waals surface area (Å²) in [4.78, 5) is 8.45. The highest BCUT2D eigenvalue weighted by atomic mass is 16.5. The SMILES string of the molecule is CCCc1c(NN)ncnc1OC1CCCC(C)C1. The van der Waals surface area contributed by atoms with Crippen LogP contribution in [0.15, 0.2) is 6.33 Å². The molecule has 0 aliphatic heterocycles. The zero-order chi connectivity index (χ0) is 13.7. The van der Waals surface area contributed by atoms with Gasteiger partial charge in [-0.2, -0.15) is 0 Å². The standard InChI is InChI=1S/C14H24N4O/c1-3-5-12-13(18-15)16-9-17-14(12)19-11-7-4-6-10(2)8-11/h9-11H,3-8,15H2,1-2H3,(H,16,17,18). The molecule has 0 bridgehead atoms. The van der Waals surface area contributed by atoms with Gasteiger partial charge in [-0.05, 0) is 31.6 Å². The Hall–Kier alpha value is -1.36. The number of nitrogens with one attached hydrogen (secondary N) is 1. The first kappa shape index (κ1) is 14.1. The van der Waals surface area contributed by atoms with Gasteiger partial charge in [0.1, 0.15) is 18.2 Å². The van der Waals surface area contributed by atoms with Crippen molar-refractivity contribution in [2.45, 2.75) is 58.5 Å². The minimum Gasteiger partial charge on any atom is -0.474 e. The molecule has 1 heterocycles. The van der Waals surface area contributed by atoms with Gasteiger partial charge in [-0.25, -0.2) is 15.8 Å². The van der Waals surface area contributed by atoms with Crippen LogP contribution in [-0.2, 0) is 6.42 Å². The lowest BCUT2D eigenvalue weighted by molar-refractivity contribution is 0.122. The number of rotatable bonds is 5. The van der Waals surface area contributed by atoms with Crippen LogP contribution < -0.4 is 16.0 Å². The van der Waals surface area contributed by atoms with Gasteiger partial charge in [-0.15, -0.1) is 0 Å². The molecule has 19 heavy (non-hydrogen) atoms. The normalized spacial score (nSPS) is 23.1. The number of nitrogen functional groups attached to an aromatic ring is 1. The van der Waals surface area contributed by atoms with Crippen molar-refractivity contribution in [2.24, 2.45) is 11.8 Å². The van der Waals surface area contributed by atoms with Crippen molar-refractivity contribution in [1.29, 1.82) is 0 Å². The lowest BCUT2D eigenvalue weighted by Gasteiger charge is -2.27. The molecule has 2 atom stereocenters. The number of nitrogens with two attached hydrogens (primary N) is 1. The maximum atomic E-state index is 6.11. The second-order valence-corrected chi connectivity index (χ2v) is 5.41. The molecule has 0 amide bonds. The Morgan fingerprint density at radius 1 is 1.42 bits per heavy atom. The third kappa shape index (κ3) is 3.56. The summed E-state index contributed by atoms with van der Waals surface area (Å²) in [7, 11) is 0. The molecule has 0 saturated heterocycles. The Bertz CT molecular complexity index is 410. The van der Waals surface area contributed by atoms with Gasteiger partial charge in [0.25, 0.3) is 0 Å². The monoisotopic (exact) mass is 264 g/mol. The molecule has 1 aromatic heterocycles. The zero-order valence-electron chi connectivity index (χ0n) is 11.9. The lowest BCUT2D eigenvalue weighted by Crippen LogP contribution is -2.25. The van der Waals surface area contributed by atoms with Crippen molar-refractivity contribution >= 4 is 5.82 Å². The Morgan fingerprint density at radius 3 is 2.95 bits per heavy atom. The molecule has 0 radical (unpaired) electrons. The molecule has 0 spiro atoms. The molecule has 1 aliphatic rings. The number of aromatic nitrogens is 2. The van der Waals surface area contributed by atoms with Gasteiger partial charge >= 0.3 is 0 Å². The van der Waals surface area contributed by atoms with Gasteiger partial charge < -0.3 is 10.2 Å². The average Bonchev–Trinajstić information content (AvgIpc) is 2.41. The minimum atomic E-state index is 0.278. The Balaban J connectivity index is 2.14. The average molecular weight is 264 g/mol. The van der Waals surface area contributed by atoms with E-state index in [1.807, 2.05) is 0 Å². The smallest absolute Gasteiger partial charge is 0.222 e. The largest absolute Gasteiger partial charge is 0.474 e. The molecule has 2 rings (SSSR count). The molecule has 3 N–H and O–H groups in total. The topological polar surface area (TPSA) is 73.1 Å². The molecule has 2 unspecified atom stereocenters. The summed E-state index contributed by atoms with van der Waals surface area (Å²) in [6.45, 7) is 4.41. The molecular weight excluding hydrogens is 240 g/mol. The fourth-order valence-corrected chi connectivity index (χ4v) is 2.74. The summed E-state index contributed by atoms with van der Waals surface area (Å²) in [5, 5.41) is 0. The van der Waals surface area contributed by atoms with E-state index in [9.17, 15) is 0 Å². The maximum Gasteiger partial charge on any atom is 0.222 e. The van der Waals surface area contributed by atoms with Gasteiger partial charge in [-0.3, -0.25) is 0 Å². The van der Waals surface area contributed by atoms with E-state index in [0.29, 0.717) is 11.7 Å². The highest BCUT2D eigenvalue weighted by Crippen LogP contribution is 2.30. The third-order valence-electron chi connectivity index (χ3n) is 3.71. The van der Waals surface area contributed by atoms with E-state index in [4.69, 9.17) is 10.6 Å². The van der Waals surface area contributed by atoms with Crippen molar-refractivity contribution in [3.63, 3.8) is 0 Å². The lowest BCUT2D eigenvalue weighted by atomic mass is 9.89. The number of hydrazine groups is 1. The van der Waals surface area contributed by atoms with Crippen molar-refractivity contribution < 1.29 is 4.74 Å². The molecule has 5 nitrogen and oxygen atoms in total. The molecule has 5 heteroatoms. The van der Waals surface area contributed by atoms with Crippen LogP contribution in [0, 0.1) is 5.92 Å². The second kappa shape index (κ2) is 6.70. The van der Waals surface area contributed by atoms with Crippen LogP contribution in [0.25, 0.3) is 0 Å². The van der Waals surface area contributed by atoms with Crippen LogP contribution in [0.1, 0.15) is 51.5 Å². The summed E-state index contributed by atoms with van der Waals surface area (Å²) in [5.74, 6) is 7.62. The number of nitrogens with zero attached hydrogens (tertiary/aromatic N) is 2. The first-order valence-corrected chi connectivity index (χ1v) is 7.21. The fourth-order valence-electron chi connectivity index (χ4n) is 2.74. The van der Waals surface area contributed by atoms with Crippen LogP contribution in [0.4, 0.5) is 5.82 Å². The molecular formula is C14H24N4O. The van der Waals surface area contributed by atoms with Crippen molar-refractivity contribution in [3.8, 4) is 5.88 Å². The van der Waals surface area contributed by atoms with E-state index < -0.39 is 0 Å². The first-order chi connectivity index (χ1) is 9.24. The number of hydrogen-bond acceptors (Lipinski definition) is 5. The van der Waals surface area contributed by atoms with E-state index in [-0.39, 0.29) is 6.10 Å². The van der Waals surface area contributed by atoms with Crippen LogP contribution in [-0.4, -0.2) is 16.1 Å². The van der Waals surface area contributed by atoms with E-state index in [2.05, 4.69) is 29.2 Å². The molecule has 0 aromatic carbocycles. The molecule has 1 aromatic rings. The van der Waals surface area contributed by atoms with Crippen molar-refractivity contribution in [2.75, 3.05) is 5.43 Å². The Labute approximate surface area is 114 Å². The summed E-state index contributed by atoms with van der Waals surface area (Å²) in [6.07, 6.45) is 8.45. The summed E-state index contributed by atoms with van der Waals surface area (Å²) in [5.41, 5.74) is 3.63. The molecule has 1 fully saturated rings. The van der Waals surface area contributed by atoms with Gasteiger partial charge in [0.15, 0.2) is 0 Å². The van der Waals surface area contributed by atoms with Crippen LogP contribution in [0.2, 0.25) is 0 Å². The van der Waals surface area contributed by atoms with Crippen LogP contribution >= 0.6 is 0 Å². The van der Waals surface area contributed by atoms with Gasteiger partial charge in [-0.1, -0.05) is 26.7 Å². The number of hydrogen-bond donors (Lipinski definition) is 2.